The maximum absolute atomic E-state index is 5.63. The summed E-state index contributed by atoms with van der Waals surface area (Å²) in [5.74, 6) is 0. The van der Waals surface area contributed by atoms with E-state index in [2.05, 4.69) is 4.90 Å². The molecule has 0 radical (unpaired) electrons. The van der Waals surface area contributed by atoms with Crippen LogP contribution in [0, 0.1) is 0 Å². The van der Waals surface area contributed by atoms with Crippen molar-refractivity contribution in [3.05, 3.63) is 0 Å². The monoisotopic (exact) mass is 142 g/mol. The van der Waals surface area contributed by atoms with Crippen LogP contribution in [0.4, 0.5) is 0 Å². The molecule has 2 atom stereocenters. The Hall–Kier alpha value is -0.120. The van der Waals surface area contributed by atoms with Gasteiger partial charge in [0.05, 0.1) is 6.61 Å². The van der Waals surface area contributed by atoms with Crippen molar-refractivity contribution in [2.75, 3.05) is 19.7 Å². The van der Waals surface area contributed by atoms with E-state index in [1.165, 1.54) is 19.4 Å². The van der Waals surface area contributed by atoms with Crippen LogP contribution in [0.15, 0.2) is 0 Å². The summed E-state index contributed by atoms with van der Waals surface area (Å²) in [6.07, 6.45) is 2.59. The molecule has 0 aromatic rings. The van der Waals surface area contributed by atoms with Gasteiger partial charge in [0, 0.05) is 12.6 Å². The van der Waals surface area contributed by atoms with E-state index in [4.69, 9.17) is 10.5 Å². The lowest BCUT2D eigenvalue weighted by molar-refractivity contribution is -0.0449. The van der Waals surface area contributed by atoms with Gasteiger partial charge in [-0.05, 0) is 19.4 Å². The van der Waals surface area contributed by atoms with E-state index >= 15 is 0 Å². The van der Waals surface area contributed by atoms with Crippen molar-refractivity contribution >= 4 is 0 Å². The van der Waals surface area contributed by atoms with Gasteiger partial charge >= 0.3 is 0 Å². The summed E-state index contributed by atoms with van der Waals surface area (Å²) in [6.45, 7) is 3.01. The smallest absolute Gasteiger partial charge is 0.118 e. The van der Waals surface area contributed by atoms with Crippen molar-refractivity contribution in [3.63, 3.8) is 0 Å². The van der Waals surface area contributed by atoms with Crippen LogP contribution in [0.1, 0.15) is 12.8 Å². The molecule has 3 heteroatoms. The van der Waals surface area contributed by atoms with Crippen molar-refractivity contribution in [2.45, 2.75) is 25.1 Å². The third kappa shape index (κ3) is 1.05. The highest BCUT2D eigenvalue weighted by molar-refractivity contribution is 4.83. The van der Waals surface area contributed by atoms with E-state index in [0.717, 1.165) is 13.2 Å². The number of fused-ring (bicyclic) bond motifs is 1. The lowest BCUT2D eigenvalue weighted by Gasteiger charge is -2.33. The van der Waals surface area contributed by atoms with Crippen LogP contribution < -0.4 is 5.73 Å². The number of morpholine rings is 1. The molecule has 0 bridgehead atoms. The van der Waals surface area contributed by atoms with Crippen molar-refractivity contribution in [2.24, 2.45) is 5.73 Å². The zero-order valence-electron chi connectivity index (χ0n) is 6.12. The molecular weight excluding hydrogens is 128 g/mol. The normalized spacial score (nSPS) is 41.7. The first kappa shape index (κ1) is 6.58. The van der Waals surface area contributed by atoms with Crippen molar-refractivity contribution in [3.8, 4) is 0 Å². The van der Waals surface area contributed by atoms with Crippen LogP contribution in [0.2, 0.25) is 0 Å². The standard InChI is InChI=1S/C7H14N2O/c8-7-4-9-3-1-2-6(9)5-10-7/h6-7H,1-5,8H2. The SMILES string of the molecule is NC1CN2CCCC2CO1. The molecule has 0 aromatic heterocycles. The summed E-state index contributed by atoms with van der Waals surface area (Å²) in [5.41, 5.74) is 5.63. The molecule has 0 aromatic carbocycles. The Morgan fingerprint density at radius 2 is 2.40 bits per heavy atom. The molecule has 2 aliphatic rings. The van der Waals surface area contributed by atoms with E-state index in [9.17, 15) is 0 Å². The quantitative estimate of drug-likeness (QED) is 0.507. The van der Waals surface area contributed by atoms with Crippen LogP contribution in [0.3, 0.4) is 0 Å². The fourth-order valence-electron chi connectivity index (χ4n) is 1.84. The maximum Gasteiger partial charge on any atom is 0.118 e. The van der Waals surface area contributed by atoms with E-state index in [1.54, 1.807) is 0 Å². The first-order valence-corrected chi connectivity index (χ1v) is 3.97. The van der Waals surface area contributed by atoms with Crippen LogP contribution in [0.5, 0.6) is 0 Å². The number of hydrogen-bond acceptors (Lipinski definition) is 3. The number of rotatable bonds is 0. The second-order valence-electron chi connectivity index (χ2n) is 3.16. The summed E-state index contributed by atoms with van der Waals surface area (Å²) in [4.78, 5) is 2.44. The molecule has 3 nitrogen and oxygen atoms in total. The van der Waals surface area contributed by atoms with E-state index in [-0.39, 0.29) is 6.23 Å². The summed E-state index contributed by atoms with van der Waals surface area (Å²) < 4.78 is 5.33. The Morgan fingerprint density at radius 3 is 3.30 bits per heavy atom. The highest BCUT2D eigenvalue weighted by Gasteiger charge is 2.30. The van der Waals surface area contributed by atoms with Gasteiger partial charge in [-0.15, -0.1) is 0 Å². The minimum atomic E-state index is -0.0330. The Bertz CT molecular complexity index is 129. The molecule has 2 aliphatic heterocycles. The third-order valence-corrected chi connectivity index (χ3v) is 2.42. The van der Waals surface area contributed by atoms with E-state index in [0.29, 0.717) is 6.04 Å². The molecule has 2 saturated heterocycles. The molecular formula is C7H14N2O. The van der Waals surface area contributed by atoms with Crippen LogP contribution >= 0.6 is 0 Å². The summed E-state index contributed by atoms with van der Waals surface area (Å²) in [6, 6.07) is 0.680. The average Bonchev–Trinajstić information content (AvgIpc) is 2.33. The van der Waals surface area contributed by atoms with E-state index in [1.807, 2.05) is 0 Å². The Labute approximate surface area is 61.1 Å². The highest BCUT2D eigenvalue weighted by atomic mass is 16.5. The Morgan fingerprint density at radius 1 is 1.50 bits per heavy atom. The molecule has 2 rings (SSSR count). The first-order valence-electron chi connectivity index (χ1n) is 3.97. The lowest BCUT2D eigenvalue weighted by Crippen LogP contribution is -2.49. The molecule has 2 fully saturated rings. The minimum absolute atomic E-state index is 0.0330. The Balaban J connectivity index is 1.96. The fraction of sp³-hybridized carbons (Fsp3) is 1.00. The van der Waals surface area contributed by atoms with Crippen molar-refractivity contribution in [1.29, 1.82) is 0 Å². The zero-order chi connectivity index (χ0) is 6.97. The number of nitrogens with two attached hydrogens (primary N) is 1. The van der Waals surface area contributed by atoms with Gasteiger partial charge in [0.15, 0.2) is 0 Å². The summed E-state index contributed by atoms with van der Waals surface area (Å²) >= 11 is 0. The van der Waals surface area contributed by atoms with Gasteiger partial charge < -0.3 is 10.5 Å². The molecule has 0 spiro atoms. The fourth-order valence-corrected chi connectivity index (χ4v) is 1.84. The van der Waals surface area contributed by atoms with Crippen molar-refractivity contribution < 1.29 is 4.74 Å². The maximum atomic E-state index is 5.63. The van der Waals surface area contributed by atoms with Gasteiger partial charge in [-0.2, -0.15) is 0 Å². The van der Waals surface area contributed by atoms with E-state index < -0.39 is 0 Å². The molecule has 58 valence electrons. The second-order valence-corrected chi connectivity index (χ2v) is 3.16. The zero-order valence-corrected chi connectivity index (χ0v) is 6.12. The average molecular weight is 142 g/mol. The molecule has 0 aliphatic carbocycles. The third-order valence-electron chi connectivity index (χ3n) is 2.42. The second kappa shape index (κ2) is 2.49. The van der Waals surface area contributed by atoms with Gasteiger partial charge in [0.25, 0.3) is 0 Å². The van der Waals surface area contributed by atoms with Gasteiger partial charge in [-0.3, -0.25) is 4.90 Å². The predicted molar refractivity (Wildman–Crippen MR) is 38.5 cm³/mol. The van der Waals surface area contributed by atoms with Gasteiger partial charge in [-0.25, -0.2) is 0 Å². The molecule has 2 heterocycles. The lowest BCUT2D eigenvalue weighted by atomic mass is 10.2. The number of ether oxygens (including phenoxy) is 1. The number of hydrogen-bond donors (Lipinski definition) is 1. The highest BCUT2D eigenvalue weighted by Crippen LogP contribution is 2.20. The molecule has 10 heavy (non-hydrogen) atoms. The van der Waals surface area contributed by atoms with Crippen LogP contribution in [-0.2, 0) is 4.74 Å². The first-order chi connectivity index (χ1) is 4.86. The Kier molecular flexibility index (Phi) is 1.64. The van der Waals surface area contributed by atoms with Gasteiger partial charge in [0.2, 0.25) is 0 Å². The van der Waals surface area contributed by atoms with Crippen LogP contribution in [-0.4, -0.2) is 36.9 Å². The minimum Gasteiger partial charge on any atom is -0.361 e. The largest absolute Gasteiger partial charge is 0.361 e. The van der Waals surface area contributed by atoms with Gasteiger partial charge in [0.1, 0.15) is 6.23 Å². The summed E-state index contributed by atoms with van der Waals surface area (Å²) in [7, 11) is 0. The number of nitrogens with zero attached hydrogens (tertiary/aromatic N) is 1. The molecule has 0 amide bonds. The topological polar surface area (TPSA) is 38.5 Å². The van der Waals surface area contributed by atoms with Gasteiger partial charge in [-0.1, -0.05) is 0 Å². The van der Waals surface area contributed by atoms with Crippen LogP contribution in [0.25, 0.3) is 0 Å². The molecule has 2 N–H and O–H groups in total. The molecule has 2 unspecified atom stereocenters. The van der Waals surface area contributed by atoms with Crippen molar-refractivity contribution in [1.82, 2.24) is 4.90 Å². The predicted octanol–water partition coefficient (Wildman–Crippen LogP) is -0.234. The molecule has 0 saturated carbocycles. The summed E-state index contributed by atoms with van der Waals surface area (Å²) in [5, 5.41) is 0.